The smallest absolute Gasteiger partial charge is 0.161 e. The molecule has 1 atom stereocenters. The Kier molecular flexibility index (Phi) is 6.52. The third-order valence-electron chi connectivity index (χ3n) is 3.63. The minimum atomic E-state index is -0.853. The van der Waals surface area contributed by atoms with Crippen molar-refractivity contribution < 1.29 is 23.4 Å². The van der Waals surface area contributed by atoms with Crippen molar-refractivity contribution in [3.63, 3.8) is 0 Å². The van der Waals surface area contributed by atoms with Crippen LogP contribution in [0.1, 0.15) is 24.1 Å². The number of halogens is 2. The molecule has 0 amide bonds. The number of nitrogens with one attached hydrogen (secondary N) is 1. The van der Waals surface area contributed by atoms with E-state index in [1.54, 1.807) is 19.2 Å². The first-order valence-corrected chi connectivity index (χ1v) is 7.64. The maximum absolute atomic E-state index is 13.2. The Morgan fingerprint density at radius 3 is 2.54 bits per heavy atom. The summed E-state index contributed by atoms with van der Waals surface area (Å²) < 4.78 is 36.8. The highest BCUT2D eigenvalue weighted by molar-refractivity contribution is 5.43. The largest absolute Gasteiger partial charge is 0.493 e. The molecule has 0 heterocycles. The lowest BCUT2D eigenvalue weighted by Gasteiger charge is -2.17. The zero-order chi connectivity index (χ0) is 17.5. The van der Waals surface area contributed by atoms with Gasteiger partial charge in [-0.3, -0.25) is 0 Å². The molecule has 1 unspecified atom stereocenters. The number of methoxy groups -OCH3 is 1. The topological polar surface area (TPSA) is 50.7 Å². The van der Waals surface area contributed by atoms with Crippen molar-refractivity contribution in [3.8, 4) is 11.5 Å². The summed E-state index contributed by atoms with van der Waals surface area (Å²) in [5.74, 6) is -0.574. The molecule has 0 radical (unpaired) electrons. The van der Waals surface area contributed by atoms with Gasteiger partial charge in [0.15, 0.2) is 23.1 Å². The second-order valence-electron chi connectivity index (χ2n) is 5.33. The molecule has 0 saturated heterocycles. The summed E-state index contributed by atoms with van der Waals surface area (Å²) in [7, 11) is 1.55. The highest BCUT2D eigenvalue weighted by Crippen LogP contribution is 2.30. The first-order chi connectivity index (χ1) is 11.5. The number of benzene rings is 2. The summed E-state index contributed by atoms with van der Waals surface area (Å²) in [6.45, 7) is 2.49. The minimum Gasteiger partial charge on any atom is -0.493 e. The van der Waals surface area contributed by atoms with Gasteiger partial charge in [-0.25, -0.2) is 8.78 Å². The fraction of sp³-hybridized carbons (Fsp3) is 0.333. The Balaban J connectivity index is 2.03. The van der Waals surface area contributed by atoms with Crippen LogP contribution in [0.3, 0.4) is 0 Å². The summed E-state index contributed by atoms with van der Waals surface area (Å²) in [6, 6.07) is 9.33. The molecule has 2 aromatic carbocycles. The van der Waals surface area contributed by atoms with E-state index in [9.17, 15) is 8.78 Å². The van der Waals surface area contributed by atoms with Gasteiger partial charge >= 0.3 is 0 Å². The molecule has 0 bridgehead atoms. The summed E-state index contributed by atoms with van der Waals surface area (Å²) in [5.41, 5.74) is 1.63. The number of aliphatic hydroxyl groups is 1. The van der Waals surface area contributed by atoms with Crippen molar-refractivity contribution in [3.05, 3.63) is 59.2 Å². The van der Waals surface area contributed by atoms with Crippen molar-refractivity contribution in [1.82, 2.24) is 5.32 Å². The molecule has 6 heteroatoms. The average Bonchev–Trinajstić information content (AvgIpc) is 2.60. The lowest BCUT2D eigenvalue weighted by molar-refractivity contribution is 0.196. The molecule has 0 aromatic heterocycles. The van der Waals surface area contributed by atoms with Crippen molar-refractivity contribution in [2.24, 2.45) is 0 Å². The molecule has 24 heavy (non-hydrogen) atoms. The fourth-order valence-corrected chi connectivity index (χ4v) is 2.27. The van der Waals surface area contributed by atoms with Gasteiger partial charge in [0, 0.05) is 12.6 Å². The van der Waals surface area contributed by atoms with E-state index in [-0.39, 0.29) is 19.3 Å². The number of ether oxygens (including phenoxy) is 2. The van der Waals surface area contributed by atoms with E-state index in [0.29, 0.717) is 23.6 Å². The Bertz CT molecular complexity index is 679. The van der Waals surface area contributed by atoms with E-state index in [1.165, 1.54) is 6.07 Å². The number of hydrogen-bond acceptors (Lipinski definition) is 4. The van der Waals surface area contributed by atoms with Gasteiger partial charge in [-0.2, -0.15) is 0 Å². The Morgan fingerprint density at radius 1 is 1.08 bits per heavy atom. The molecule has 2 aromatic rings. The lowest BCUT2D eigenvalue weighted by Crippen LogP contribution is -2.18. The van der Waals surface area contributed by atoms with E-state index in [0.717, 1.165) is 11.6 Å². The van der Waals surface area contributed by atoms with Gasteiger partial charge in [0.1, 0.15) is 6.61 Å². The second-order valence-corrected chi connectivity index (χ2v) is 5.33. The van der Waals surface area contributed by atoms with Gasteiger partial charge in [0.25, 0.3) is 0 Å². The molecular weight excluding hydrogens is 316 g/mol. The average molecular weight is 337 g/mol. The van der Waals surface area contributed by atoms with Crippen molar-refractivity contribution in [2.75, 3.05) is 20.3 Å². The maximum Gasteiger partial charge on any atom is 0.161 e. The van der Waals surface area contributed by atoms with E-state index in [1.807, 2.05) is 19.1 Å². The fourth-order valence-electron chi connectivity index (χ4n) is 2.27. The van der Waals surface area contributed by atoms with Crippen molar-refractivity contribution >= 4 is 0 Å². The molecule has 0 saturated carbocycles. The van der Waals surface area contributed by atoms with Crippen molar-refractivity contribution in [2.45, 2.75) is 19.5 Å². The van der Waals surface area contributed by atoms with E-state index in [4.69, 9.17) is 14.6 Å². The van der Waals surface area contributed by atoms with Gasteiger partial charge < -0.3 is 19.9 Å². The van der Waals surface area contributed by atoms with Crippen LogP contribution in [0.2, 0.25) is 0 Å². The third-order valence-corrected chi connectivity index (χ3v) is 3.63. The predicted octanol–water partition coefficient (Wildman–Crippen LogP) is 3.20. The van der Waals surface area contributed by atoms with Crippen LogP contribution in [0.4, 0.5) is 8.78 Å². The molecule has 130 valence electrons. The van der Waals surface area contributed by atoms with Gasteiger partial charge in [-0.15, -0.1) is 0 Å². The van der Waals surface area contributed by atoms with E-state index >= 15 is 0 Å². The Labute approximate surface area is 140 Å². The highest BCUT2D eigenvalue weighted by Gasteiger charge is 2.11. The molecule has 0 aliphatic carbocycles. The SMILES string of the molecule is COc1cc(C(C)NCc2ccc(F)c(F)c2)ccc1OCCO. The molecule has 0 fully saturated rings. The quantitative estimate of drug-likeness (QED) is 0.777. The zero-order valence-electron chi connectivity index (χ0n) is 13.7. The predicted molar refractivity (Wildman–Crippen MR) is 87.2 cm³/mol. The minimum absolute atomic E-state index is 0.0288. The third kappa shape index (κ3) is 4.66. The van der Waals surface area contributed by atoms with Gasteiger partial charge in [-0.1, -0.05) is 12.1 Å². The van der Waals surface area contributed by atoms with Crippen molar-refractivity contribution in [1.29, 1.82) is 0 Å². The first kappa shape index (κ1) is 18.2. The van der Waals surface area contributed by atoms with Crippen LogP contribution in [0.15, 0.2) is 36.4 Å². The summed E-state index contributed by atoms with van der Waals surface area (Å²) in [4.78, 5) is 0. The molecule has 0 aliphatic heterocycles. The molecule has 0 spiro atoms. The number of aliphatic hydroxyl groups excluding tert-OH is 1. The molecule has 4 nitrogen and oxygen atoms in total. The monoisotopic (exact) mass is 337 g/mol. The lowest BCUT2D eigenvalue weighted by atomic mass is 10.1. The van der Waals surface area contributed by atoms with Gasteiger partial charge in [0.2, 0.25) is 0 Å². The molecule has 0 aliphatic rings. The molecule has 2 rings (SSSR count). The maximum atomic E-state index is 13.2. The van der Waals surface area contributed by atoms with Gasteiger partial charge in [0.05, 0.1) is 13.7 Å². The van der Waals surface area contributed by atoms with Crippen LogP contribution in [-0.2, 0) is 6.54 Å². The van der Waals surface area contributed by atoms with E-state index < -0.39 is 11.6 Å². The first-order valence-electron chi connectivity index (χ1n) is 7.64. The van der Waals surface area contributed by atoms with Crippen LogP contribution in [0.25, 0.3) is 0 Å². The zero-order valence-corrected chi connectivity index (χ0v) is 13.7. The molecular formula is C18H21F2NO3. The van der Waals surface area contributed by atoms with Crippen LogP contribution >= 0.6 is 0 Å². The van der Waals surface area contributed by atoms with Crippen LogP contribution in [-0.4, -0.2) is 25.4 Å². The van der Waals surface area contributed by atoms with Crippen LogP contribution in [0.5, 0.6) is 11.5 Å². The summed E-state index contributed by atoms with van der Waals surface area (Å²) in [5, 5.41) is 12.1. The van der Waals surface area contributed by atoms with Gasteiger partial charge in [-0.05, 0) is 42.3 Å². The number of hydrogen-bond donors (Lipinski definition) is 2. The van der Waals surface area contributed by atoms with Crippen LogP contribution in [0, 0.1) is 11.6 Å². The Hall–Kier alpha value is -2.18. The number of rotatable bonds is 8. The highest BCUT2D eigenvalue weighted by atomic mass is 19.2. The van der Waals surface area contributed by atoms with E-state index in [2.05, 4.69) is 5.32 Å². The molecule has 2 N–H and O–H groups in total. The summed E-state index contributed by atoms with van der Waals surface area (Å²) in [6.07, 6.45) is 0. The normalized spacial score (nSPS) is 12.0. The summed E-state index contributed by atoms with van der Waals surface area (Å²) >= 11 is 0. The standard InChI is InChI=1S/C18H21F2NO3/c1-12(21-11-13-3-5-15(19)16(20)9-13)14-4-6-17(24-8-7-22)18(10-14)23-2/h3-6,9-10,12,21-22H,7-8,11H2,1-2H3. The Morgan fingerprint density at radius 2 is 1.88 bits per heavy atom. The van der Waals surface area contributed by atoms with Crippen LogP contribution < -0.4 is 14.8 Å². The second kappa shape index (κ2) is 8.61.